The van der Waals surface area contributed by atoms with Gasteiger partial charge in [-0.25, -0.2) is 4.98 Å². The molecule has 1 aromatic carbocycles. The molecule has 1 heterocycles. The highest BCUT2D eigenvalue weighted by atomic mass is 32.1. The van der Waals surface area contributed by atoms with Crippen LogP contribution < -0.4 is 10.1 Å². The highest BCUT2D eigenvalue weighted by molar-refractivity contribution is 7.13. The van der Waals surface area contributed by atoms with Crippen molar-refractivity contribution >= 4 is 23.2 Å². The maximum absolute atomic E-state index is 12.4. The van der Waals surface area contributed by atoms with E-state index in [1.807, 2.05) is 31.2 Å². The number of nitrogens with one attached hydrogen (secondary N) is 1. The summed E-state index contributed by atoms with van der Waals surface area (Å²) < 4.78 is 5.39. The maximum Gasteiger partial charge on any atom is 0.308 e. The zero-order valence-corrected chi connectivity index (χ0v) is 16.8. The third-order valence-electron chi connectivity index (χ3n) is 4.09. The van der Waals surface area contributed by atoms with Crippen LogP contribution in [0.1, 0.15) is 46.2 Å². The van der Waals surface area contributed by atoms with Gasteiger partial charge < -0.3 is 15.2 Å². The summed E-state index contributed by atoms with van der Waals surface area (Å²) in [5.74, 6) is -1.14. The Morgan fingerprint density at radius 1 is 1.26 bits per heavy atom. The van der Waals surface area contributed by atoms with Crippen LogP contribution in [0, 0.1) is 12.8 Å². The first-order chi connectivity index (χ1) is 12.9. The average molecular weight is 391 g/mol. The molecule has 0 saturated heterocycles. The minimum Gasteiger partial charge on any atom is -0.494 e. The molecule has 1 amide bonds. The molecule has 7 heteroatoms. The van der Waals surface area contributed by atoms with Crippen LogP contribution in [0.5, 0.6) is 5.75 Å². The fourth-order valence-corrected chi connectivity index (χ4v) is 3.78. The Hall–Kier alpha value is -2.41. The predicted octanol–water partition coefficient (Wildman–Crippen LogP) is 3.48. The quantitative estimate of drug-likeness (QED) is 0.648. The molecule has 0 aliphatic rings. The molecular formula is C20H26N2O4S. The third-order valence-corrected chi connectivity index (χ3v) is 5.30. The Morgan fingerprint density at radius 3 is 2.56 bits per heavy atom. The number of hydrogen-bond donors (Lipinski definition) is 2. The van der Waals surface area contributed by atoms with Crippen LogP contribution in [0.3, 0.4) is 0 Å². The molecule has 6 nitrogen and oxygen atoms in total. The first kappa shape index (κ1) is 20.9. The summed E-state index contributed by atoms with van der Waals surface area (Å²) in [7, 11) is 0. The molecule has 1 aromatic heterocycles. The highest BCUT2D eigenvalue weighted by Crippen LogP contribution is 2.20. The number of aromatic nitrogens is 1. The number of carboxylic acid groups (broad SMARTS) is 1. The van der Waals surface area contributed by atoms with Gasteiger partial charge in [-0.15, -0.1) is 11.3 Å². The van der Waals surface area contributed by atoms with Crippen LogP contribution in [0.15, 0.2) is 24.3 Å². The standard InChI is InChI=1S/C20H26N2O4S/c1-4-6-17-22-13(3)18(27-17)19(23)21-12-15(20(24)25)11-14-7-9-16(10-8-14)26-5-2/h7-10,15H,4-6,11-12H2,1-3H3,(H,21,23)(H,24,25). The summed E-state index contributed by atoms with van der Waals surface area (Å²) in [5, 5.41) is 13.2. The monoisotopic (exact) mass is 390 g/mol. The van der Waals surface area contributed by atoms with Gasteiger partial charge in [-0.3, -0.25) is 9.59 Å². The molecule has 0 aliphatic carbocycles. The van der Waals surface area contributed by atoms with Crippen molar-refractivity contribution < 1.29 is 19.4 Å². The minimum absolute atomic E-state index is 0.0713. The Balaban J connectivity index is 1.97. The lowest BCUT2D eigenvalue weighted by Crippen LogP contribution is -2.34. The van der Waals surface area contributed by atoms with Gasteiger partial charge in [0.2, 0.25) is 0 Å². The Kier molecular flexibility index (Phi) is 7.79. The normalized spacial score (nSPS) is 11.8. The molecule has 0 bridgehead atoms. The summed E-state index contributed by atoms with van der Waals surface area (Å²) in [6.07, 6.45) is 2.15. The van der Waals surface area contributed by atoms with E-state index >= 15 is 0 Å². The summed E-state index contributed by atoms with van der Waals surface area (Å²) in [5.41, 5.74) is 1.58. The maximum atomic E-state index is 12.4. The van der Waals surface area contributed by atoms with E-state index in [0.29, 0.717) is 23.6 Å². The molecular weight excluding hydrogens is 364 g/mol. The van der Waals surface area contributed by atoms with Crippen LogP contribution in [0.25, 0.3) is 0 Å². The van der Waals surface area contributed by atoms with Gasteiger partial charge in [0, 0.05) is 6.54 Å². The van der Waals surface area contributed by atoms with Crippen molar-refractivity contribution in [2.75, 3.05) is 13.2 Å². The van der Waals surface area contributed by atoms with E-state index in [9.17, 15) is 14.7 Å². The fourth-order valence-electron chi connectivity index (χ4n) is 2.70. The number of aryl methyl sites for hydroxylation is 2. The second-order valence-corrected chi connectivity index (χ2v) is 7.38. The summed E-state index contributed by atoms with van der Waals surface area (Å²) >= 11 is 1.38. The van der Waals surface area contributed by atoms with Gasteiger partial charge in [-0.1, -0.05) is 19.1 Å². The van der Waals surface area contributed by atoms with Crippen LogP contribution >= 0.6 is 11.3 Å². The van der Waals surface area contributed by atoms with Crippen LogP contribution in [-0.2, 0) is 17.6 Å². The lowest BCUT2D eigenvalue weighted by Gasteiger charge is -2.14. The number of carbonyl (C=O) groups is 2. The molecule has 27 heavy (non-hydrogen) atoms. The van der Waals surface area contributed by atoms with Crippen molar-refractivity contribution in [3.63, 3.8) is 0 Å². The van der Waals surface area contributed by atoms with Crippen molar-refractivity contribution in [3.8, 4) is 5.75 Å². The number of carboxylic acids is 1. The molecule has 2 aromatic rings. The Bertz CT molecular complexity index is 771. The van der Waals surface area contributed by atoms with Gasteiger partial charge in [0.25, 0.3) is 5.91 Å². The zero-order valence-electron chi connectivity index (χ0n) is 15.9. The van der Waals surface area contributed by atoms with Crippen LogP contribution in [-0.4, -0.2) is 35.1 Å². The number of amides is 1. The number of carbonyl (C=O) groups excluding carboxylic acids is 1. The largest absolute Gasteiger partial charge is 0.494 e. The van der Waals surface area contributed by atoms with E-state index in [4.69, 9.17) is 4.74 Å². The molecule has 0 aliphatic heterocycles. The molecule has 0 radical (unpaired) electrons. The molecule has 0 fully saturated rings. The summed E-state index contributed by atoms with van der Waals surface area (Å²) in [6.45, 7) is 6.43. The Morgan fingerprint density at radius 2 is 1.96 bits per heavy atom. The van der Waals surface area contributed by atoms with Gasteiger partial charge in [0.05, 0.1) is 23.2 Å². The van der Waals surface area contributed by atoms with E-state index < -0.39 is 11.9 Å². The van der Waals surface area contributed by atoms with Crippen molar-refractivity contribution in [3.05, 3.63) is 45.4 Å². The predicted molar refractivity (Wildman–Crippen MR) is 106 cm³/mol. The molecule has 0 spiro atoms. The molecule has 2 N–H and O–H groups in total. The van der Waals surface area contributed by atoms with Crippen molar-refractivity contribution in [1.82, 2.24) is 10.3 Å². The number of thiazole rings is 1. The number of nitrogens with zero attached hydrogens (tertiary/aromatic N) is 1. The summed E-state index contributed by atoms with van der Waals surface area (Å²) in [4.78, 5) is 29.0. The number of benzene rings is 1. The van der Waals surface area contributed by atoms with E-state index in [-0.39, 0.29) is 12.5 Å². The minimum atomic E-state index is -0.933. The highest BCUT2D eigenvalue weighted by Gasteiger charge is 2.21. The smallest absolute Gasteiger partial charge is 0.308 e. The average Bonchev–Trinajstić information content (AvgIpc) is 3.00. The number of aliphatic carboxylic acids is 1. The fraction of sp³-hybridized carbons (Fsp3) is 0.450. The van der Waals surface area contributed by atoms with Crippen molar-refractivity contribution in [2.45, 2.75) is 40.0 Å². The lowest BCUT2D eigenvalue weighted by atomic mass is 9.99. The molecule has 1 atom stereocenters. The molecule has 0 saturated carbocycles. The number of hydrogen-bond acceptors (Lipinski definition) is 5. The van der Waals surface area contributed by atoms with E-state index in [2.05, 4.69) is 17.2 Å². The topological polar surface area (TPSA) is 88.5 Å². The van der Waals surface area contributed by atoms with Crippen molar-refractivity contribution in [2.24, 2.45) is 5.92 Å². The first-order valence-corrected chi connectivity index (χ1v) is 9.95. The van der Waals surface area contributed by atoms with Gasteiger partial charge in [0.1, 0.15) is 10.6 Å². The third kappa shape index (κ3) is 6.06. The molecule has 2 rings (SSSR count). The van der Waals surface area contributed by atoms with Crippen LogP contribution in [0.2, 0.25) is 0 Å². The molecule has 146 valence electrons. The van der Waals surface area contributed by atoms with Gasteiger partial charge in [-0.2, -0.15) is 0 Å². The second-order valence-electron chi connectivity index (χ2n) is 6.30. The van der Waals surface area contributed by atoms with Gasteiger partial charge in [0.15, 0.2) is 0 Å². The van der Waals surface area contributed by atoms with E-state index in [1.165, 1.54) is 11.3 Å². The number of ether oxygens (including phenoxy) is 1. The zero-order chi connectivity index (χ0) is 19.8. The van der Waals surface area contributed by atoms with Gasteiger partial charge in [-0.05, 0) is 50.8 Å². The first-order valence-electron chi connectivity index (χ1n) is 9.13. The summed E-state index contributed by atoms with van der Waals surface area (Å²) in [6, 6.07) is 7.36. The second kappa shape index (κ2) is 10.1. The Labute approximate surface area is 163 Å². The van der Waals surface area contributed by atoms with Crippen molar-refractivity contribution in [1.29, 1.82) is 0 Å². The lowest BCUT2D eigenvalue weighted by molar-refractivity contribution is -0.141. The van der Waals surface area contributed by atoms with Crippen LogP contribution in [0.4, 0.5) is 0 Å². The van der Waals surface area contributed by atoms with E-state index in [1.54, 1.807) is 6.92 Å². The van der Waals surface area contributed by atoms with Gasteiger partial charge >= 0.3 is 5.97 Å². The SMILES string of the molecule is CCCc1nc(C)c(C(=O)NCC(Cc2ccc(OCC)cc2)C(=O)O)s1. The van der Waals surface area contributed by atoms with E-state index in [0.717, 1.165) is 29.2 Å². The number of rotatable bonds is 10. The molecule has 1 unspecified atom stereocenters.